The lowest BCUT2D eigenvalue weighted by Crippen LogP contribution is -1.85. The first-order valence-electron chi connectivity index (χ1n) is 7.30. The fourth-order valence-corrected chi connectivity index (χ4v) is 1.41. The molecule has 0 nitrogen and oxygen atoms in total. The highest BCUT2D eigenvalue weighted by molar-refractivity contribution is 5.24. The summed E-state index contributed by atoms with van der Waals surface area (Å²) in [6.07, 6.45) is 10.0. The van der Waals surface area contributed by atoms with Crippen molar-refractivity contribution in [3.63, 3.8) is 0 Å². The number of hydrogen-bond donors (Lipinski definition) is 0. The van der Waals surface area contributed by atoms with Crippen molar-refractivity contribution in [2.24, 2.45) is 0 Å². The molecule has 0 aliphatic rings. The van der Waals surface area contributed by atoms with Crippen LogP contribution in [0, 0.1) is 0 Å². The van der Waals surface area contributed by atoms with Crippen molar-refractivity contribution in [1.82, 2.24) is 0 Å². The largest absolute Gasteiger partial charge is 0.103 e. The second-order valence-corrected chi connectivity index (χ2v) is 5.10. The van der Waals surface area contributed by atoms with Crippen LogP contribution in [0.5, 0.6) is 0 Å². The van der Waals surface area contributed by atoms with Gasteiger partial charge in [0.1, 0.15) is 0 Å². The van der Waals surface area contributed by atoms with E-state index in [0.717, 1.165) is 44.1 Å². The standard InChI is InChI=1S/C11H18.C9H14/c1-5-7-9-11(4)10(3)8-6-2;1-5-9(4)7-6-8(2)3/h5H,1,3-4,6-9H2,2H3;5H,1-2,4,6-7H2,3H3. The fourth-order valence-electron chi connectivity index (χ4n) is 1.41. The van der Waals surface area contributed by atoms with Gasteiger partial charge in [-0.1, -0.05) is 74.1 Å². The van der Waals surface area contributed by atoms with E-state index in [0.29, 0.717) is 0 Å². The zero-order valence-electron chi connectivity index (χ0n) is 13.6. The normalized spacial score (nSPS) is 8.90. The lowest BCUT2D eigenvalue weighted by Gasteiger charge is -2.05. The van der Waals surface area contributed by atoms with Gasteiger partial charge >= 0.3 is 0 Å². The molecular weight excluding hydrogens is 240 g/mol. The van der Waals surface area contributed by atoms with Gasteiger partial charge in [-0.2, -0.15) is 0 Å². The van der Waals surface area contributed by atoms with Gasteiger partial charge < -0.3 is 0 Å². The van der Waals surface area contributed by atoms with Crippen LogP contribution in [0.15, 0.2) is 73.9 Å². The summed E-state index contributed by atoms with van der Waals surface area (Å²) in [5.74, 6) is 0. The second-order valence-electron chi connectivity index (χ2n) is 5.10. The van der Waals surface area contributed by atoms with Crippen LogP contribution in [0.3, 0.4) is 0 Å². The molecule has 0 aromatic heterocycles. The number of rotatable bonds is 10. The van der Waals surface area contributed by atoms with E-state index < -0.39 is 0 Å². The number of allylic oxidation sites excluding steroid dienone is 6. The fraction of sp³-hybridized carbons (Fsp3) is 0.400. The molecule has 0 aliphatic carbocycles. The maximum absolute atomic E-state index is 3.96. The maximum atomic E-state index is 3.96. The predicted octanol–water partition coefficient (Wildman–Crippen LogP) is 6.95. The van der Waals surface area contributed by atoms with Crippen molar-refractivity contribution in [2.45, 2.75) is 52.4 Å². The average Bonchev–Trinajstić information content (AvgIpc) is 2.42. The highest BCUT2D eigenvalue weighted by Gasteiger charge is 1.96. The third kappa shape index (κ3) is 14.5. The van der Waals surface area contributed by atoms with Crippen LogP contribution in [0.1, 0.15) is 52.4 Å². The second kappa shape index (κ2) is 13.9. The summed E-state index contributed by atoms with van der Waals surface area (Å²) in [6, 6.07) is 0. The number of hydrogen-bond acceptors (Lipinski definition) is 0. The zero-order valence-corrected chi connectivity index (χ0v) is 13.6. The highest BCUT2D eigenvalue weighted by atomic mass is 14.0. The molecule has 0 aromatic carbocycles. The van der Waals surface area contributed by atoms with E-state index in [2.05, 4.69) is 46.4 Å². The van der Waals surface area contributed by atoms with Gasteiger partial charge in [0, 0.05) is 0 Å². The monoisotopic (exact) mass is 272 g/mol. The lowest BCUT2D eigenvalue weighted by molar-refractivity contribution is 0.883. The van der Waals surface area contributed by atoms with E-state index in [-0.39, 0.29) is 0 Å². The average molecular weight is 272 g/mol. The smallest absolute Gasteiger partial charge is 0.0248 e. The molecule has 0 aliphatic heterocycles. The van der Waals surface area contributed by atoms with E-state index in [4.69, 9.17) is 0 Å². The third-order valence-electron chi connectivity index (χ3n) is 2.86. The Hall–Kier alpha value is -1.56. The molecule has 0 heterocycles. The molecule has 0 radical (unpaired) electrons. The van der Waals surface area contributed by atoms with Gasteiger partial charge in [0.2, 0.25) is 0 Å². The van der Waals surface area contributed by atoms with Crippen molar-refractivity contribution in [3.8, 4) is 0 Å². The van der Waals surface area contributed by atoms with Gasteiger partial charge in [0.15, 0.2) is 0 Å². The molecule has 0 spiro atoms. The van der Waals surface area contributed by atoms with Gasteiger partial charge in [-0.25, -0.2) is 0 Å². The first kappa shape index (κ1) is 20.8. The van der Waals surface area contributed by atoms with Gasteiger partial charge in [0.25, 0.3) is 0 Å². The van der Waals surface area contributed by atoms with Crippen LogP contribution in [0.4, 0.5) is 0 Å². The van der Waals surface area contributed by atoms with E-state index in [9.17, 15) is 0 Å². The van der Waals surface area contributed by atoms with Crippen LogP contribution in [0.25, 0.3) is 0 Å². The Balaban J connectivity index is 0. The Labute approximate surface area is 127 Å². The molecule has 0 N–H and O–H groups in total. The Morgan fingerprint density at radius 2 is 1.40 bits per heavy atom. The molecule has 0 amide bonds. The summed E-state index contributed by atoms with van der Waals surface area (Å²) in [7, 11) is 0. The van der Waals surface area contributed by atoms with Gasteiger partial charge in [-0.05, 0) is 39.0 Å². The minimum atomic E-state index is 0.999. The molecule has 112 valence electrons. The van der Waals surface area contributed by atoms with E-state index in [1.165, 1.54) is 16.7 Å². The maximum Gasteiger partial charge on any atom is -0.0248 e. The van der Waals surface area contributed by atoms with E-state index >= 15 is 0 Å². The molecule has 20 heavy (non-hydrogen) atoms. The molecular formula is C20H32. The van der Waals surface area contributed by atoms with Gasteiger partial charge in [-0.3, -0.25) is 0 Å². The lowest BCUT2D eigenvalue weighted by atomic mass is 10.0. The first-order chi connectivity index (χ1) is 9.38. The molecule has 0 fully saturated rings. The molecule has 0 heteroatoms. The quantitative estimate of drug-likeness (QED) is 0.298. The summed E-state index contributed by atoms with van der Waals surface area (Å²) >= 11 is 0. The summed E-state index contributed by atoms with van der Waals surface area (Å²) in [5.41, 5.74) is 4.69. The van der Waals surface area contributed by atoms with E-state index in [1.807, 2.05) is 13.0 Å². The molecule has 0 aromatic rings. The zero-order chi connectivity index (χ0) is 16.0. The Morgan fingerprint density at radius 1 is 0.850 bits per heavy atom. The van der Waals surface area contributed by atoms with Crippen molar-refractivity contribution in [3.05, 3.63) is 73.9 Å². The summed E-state index contributed by atoms with van der Waals surface area (Å²) in [4.78, 5) is 0. The minimum Gasteiger partial charge on any atom is -0.103 e. The van der Waals surface area contributed by atoms with Crippen LogP contribution in [-0.4, -0.2) is 0 Å². The highest BCUT2D eigenvalue weighted by Crippen LogP contribution is 2.16. The SMILES string of the molecule is C=CC(=C)CCC(=C)C.C=CCCC(=C)C(=C)CCC. The Bertz CT molecular complexity index is 352. The van der Waals surface area contributed by atoms with Gasteiger partial charge in [-0.15, -0.1) is 13.2 Å². The topological polar surface area (TPSA) is 0 Å². The van der Waals surface area contributed by atoms with Crippen molar-refractivity contribution >= 4 is 0 Å². The molecule has 0 atom stereocenters. The predicted molar refractivity (Wildman–Crippen MR) is 96.0 cm³/mol. The van der Waals surface area contributed by atoms with Crippen molar-refractivity contribution < 1.29 is 0 Å². The molecule has 0 bridgehead atoms. The van der Waals surface area contributed by atoms with E-state index in [1.54, 1.807) is 6.08 Å². The van der Waals surface area contributed by atoms with Gasteiger partial charge in [0.05, 0.1) is 0 Å². The molecule has 0 rings (SSSR count). The van der Waals surface area contributed by atoms with Crippen LogP contribution in [-0.2, 0) is 0 Å². The first-order valence-corrected chi connectivity index (χ1v) is 7.30. The third-order valence-corrected chi connectivity index (χ3v) is 2.86. The van der Waals surface area contributed by atoms with Crippen LogP contribution >= 0.6 is 0 Å². The van der Waals surface area contributed by atoms with Crippen molar-refractivity contribution in [2.75, 3.05) is 0 Å². The summed E-state index contributed by atoms with van der Waals surface area (Å²) < 4.78 is 0. The minimum absolute atomic E-state index is 0.999. The van der Waals surface area contributed by atoms with Crippen LogP contribution in [0.2, 0.25) is 0 Å². The van der Waals surface area contributed by atoms with Crippen LogP contribution < -0.4 is 0 Å². The molecule has 0 saturated heterocycles. The molecule has 0 saturated carbocycles. The van der Waals surface area contributed by atoms with Crippen molar-refractivity contribution in [1.29, 1.82) is 0 Å². The Morgan fingerprint density at radius 3 is 1.80 bits per heavy atom. The Kier molecular flexibility index (Phi) is 14.4. The molecule has 0 unspecified atom stereocenters. The summed E-state index contributed by atoms with van der Waals surface area (Å²) in [6.45, 7) is 27.0. The summed E-state index contributed by atoms with van der Waals surface area (Å²) in [5, 5.41) is 0.